The minimum absolute atomic E-state index is 0.361. The predicted octanol–water partition coefficient (Wildman–Crippen LogP) is 7.28. The molecule has 42 heavy (non-hydrogen) atoms. The molecule has 0 spiro atoms. The number of nitrogens with zero attached hydrogens (tertiary/aromatic N) is 2. The lowest BCUT2D eigenvalue weighted by molar-refractivity contribution is -0.192. The second-order valence-electron chi connectivity index (χ2n) is 9.18. The number of aromatic nitrogens is 3. The SMILES string of the molecule is FC(F)(F)c1ccc2nc(-c3cccc(-c4cccc(CNCCc5ccncc5)c4)c3)[nH]c2c1.O=C(O)C(F)(F)F. The van der Waals surface area contributed by atoms with Gasteiger partial charge in [0.05, 0.1) is 16.6 Å². The van der Waals surface area contributed by atoms with E-state index in [1.165, 1.54) is 17.2 Å². The fraction of sp³-hybridized carbons (Fsp3) is 0.167. The molecule has 0 aliphatic rings. The van der Waals surface area contributed by atoms with Gasteiger partial charge in [0, 0.05) is 24.5 Å². The van der Waals surface area contributed by atoms with Crippen molar-refractivity contribution in [3.05, 3.63) is 108 Å². The average molecular weight is 587 g/mol. The Balaban J connectivity index is 0.000000517. The molecule has 0 radical (unpaired) electrons. The monoisotopic (exact) mass is 586 g/mol. The van der Waals surface area contributed by atoms with Crippen molar-refractivity contribution < 1.29 is 36.2 Å². The van der Waals surface area contributed by atoms with Gasteiger partial charge in [-0.2, -0.15) is 26.3 Å². The Morgan fingerprint density at radius 3 is 2.12 bits per heavy atom. The Morgan fingerprint density at radius 1 is 0.810 bits per heavy atom. The summed E-state index contributed by atoms with van der Waals surface area (Å²) in [5.41, 5.74) is 5.48. The molecule has 3 aromatic carbocycles. The van der Waals surface area contributed by atoms with Crippen LogP contribution in [0.1, 0.15) is 16.7 Å². The second-order valence-corrected chi connectivity index (χ2v) is 9.18. The Hall–Kier alpha value is -4.71. The van der Waals surface area contributed by atoms with E-state index in [4.69, 9.17) is 9.90 Å². The number of fused-ring (bicyclic) bond motifs is 1. The van der Waals surface area contributed by atoms with E-state index in [9.17, 15) is 26.3 Å². The molecular formula is C30H24F6N4O2. The van der Waals surface area contributed by atoms with Crippen LogP contribution in [0.3, 0.4) is 0 Å². The van der Waals surface area contributed by atoms with Gasteiger partial charge in [-0.3, -0.25) is 4.98 Å². The number of hydrogen-bond donors (Lipinski definition) is 3. The zero-order valence-electron chi connectivity index (χ0n) is 21.8. The van der Waals surface area contributed by atoms with Gasteiger partial charge in [-0.1, -0.05) is 36.4 Å². The number of hydrogen-bond acceptors (Lipinski definition) is 4. The van der Waals surface area contributed by atoms with Crippen LogP contribution in [-0.2, 0) is 23.9 Å². The van der Waals surface area contributed by atoms with E-state index in [2.05, 4.69) is 32.4 Å². The summed E-state index contributed by atoms with van der Waals surface area (Å²) in [5, 5.41) is 10.6. The first kappa shape index (κ1) is 30.3. The summed E-state index contributed by atoms with van der Waals surface area (Å²) in [6, 6.07) is 23.7. The molecule has 0 unspecified atom stereocenters. The van der Waals surface area contributed by atoms with E-state index in [-0.39, 0.29) is 0 Å². The molecule has 0 aliphatic carbocycles. The third-order valence-electron chi connectivity index (χ3n) is 6.12. The number of nitrogens with one attached hydrogen (secondary N) is 2. The molecule has 5 rings (SSSR count). The third-order valence-corrected chi connectivity index (χ3v) is 6.12. The van der Waals surface area contributed by atoms with E-state index in [1.807, 2.05) is 48.5 Å². The topological polar surface area (TPSA) is 90.9 Å². The van der Waals surface area contributed by atoms with Crippen molar-refractivity contribution in [2.24, 2.45) is 0 Å². The fourth-order valence-corrected chi connectivity index (χ4v) is 4.04. The lowest BCUT2D eigenvalue weighted by Gasteiger charge is -2.09. The third kappa shape index (κ3) is 8.16. The first-order valence-electron chi connectivity index (χ1n) is 12.6. The number of aromatic amines is 1. The van der Waals surface area contributed by atoms with Gasteiger partial charge in [0.15, 0.2) is 0 Å². The van der Waals surface area contributed by atoms with Gasteiger partial charge in [-0.05, 0) is 77.7 Å². The van der Waals surface area contributed by atoms with E-state index >= 15 is 0 Å². The van der Waals surface area contributed by atoms with Crippen LogP contribution < -0.4 is 5.32 Å². The number of pyridine rings is 1. The summed E-state index contributed by atoms with van der Waals surface area (Å²) >= 11 is 0. The number of aliphatic carboxylic acids is 1. The van der Waals surface area contributed by atoms with E-state index in [0.717, 1.165) is 48.3 Å². The molecule has 0 aliphatic heterocycles. The van der Waals surface area contributed by atoms with Gasteiger partial charge in [0.25, 0.3) is 0 Å². The molecule has 12 heteroatoms. The normalized spacial score (nSPS) is 11.7. The maximum atomic E-state index is 13.1. The van der Waals surface area contributed by atoms with Crippen LogP contribution in [0, 0.1) is 0 Å². The lowest BCUT2D eigenvalue weighted by Crippen LogP contribution is -2.21. The highest BCUT2D eigenvalue weighted by Crippen LogP contribution is 2.32. The molecule has 0 fully saturated rings. The van der Waals surface area contributed by atoms with Crippen molar-refractivity contribution in [1.29, 1.82) is 0 Å². The van der Waals surface area contributed by atoms with Crippen LogP contribution in [0.15, 0.2) is 91.3 Å². The van der Waals surface area contributed by atoms with E-state index in [0.29, 0.717) is 16.9 Å². The Labute approximate surface area is 236 Å². The van der Waals surface area contributed by atoms with Gasteiger partial charge in [-0.25, -0.2) is 9.78 Å². The van der Waals surface area contributed by atoms with Crippen molar-refractivity contribution in [2.75, 3.05) is 6.54 Å². The molecule has 0 amide bonds. The molecule has 218 valence electrons. The van der Waals surface area contributed by atoms with E-state index in [1.54, 1.807) is 12.4 Å². The maximum Gasteiger partial charge on any atom is 0.490 e. The van der Waals surface area contributed by atoms with Gasteiger partial charge in [-0.15, -0.1) is 0 Å². The molecule has 2 aromatic heterocycles. The number of alkyl halides is 6. The quantitative estimate of drug-likeness (QED) is 0.138. The molecule has 6 nitrogen and oxygen atoms in total. The number of imidazole rings is 1. The smallest absolute Gasteiger partial charge is 0.475 e. The highest BCUT2D eigenvalue weighted by molar-refractivity contribution is 5.81. The van der Waals surface area contributed by atoms with Crippen LogP contribution in [0.4, 0.5) is 26.3 Å². The largest absolute Gasteiger partial charge is 0.490 e. The number of rotatable bonds is 7. The van der Waals surface area contributed by atoms with Gasteiger partial charge < -0.3 is 15.4 Å². The first-order chi connectivity index (χ1) is 19.9. The van der Waals surface area contributed by atoms with Crippen molar-refractivity contribution in [2.45, 2.75) is 25.3 Å². The van der Waals surface area contributed by atoms with Crippen molar-refractivity contribution in [3.63, 3.8) is 0 Å². The molecule has 5 aromatic rings. The Morgan fingerprint density at radius 2 is 1.45 bits per heavy atom. The van der Waals surface area contributed by atoms with Crippen molar-refractivity contribution in [3.8, 4) is 22.5 Å². The minimum Gasteiger partial charge on any atom is -0.475 e. The molecule has 0 saturated heterocycles. The van der Waals surface area contributed by atoms with Crippen LogP contribution in [0.5, 0.6) is 0 Å². The van der Waals surface area contributed by atoms with Gasteiger partial charge >= 0.3 is 18.3 Å². The summed E-state index contributed by atoms with van der Waals surface area (Å²) in [7, 11) is 0. The van der Waals surface area contributed by atoms with Crippen molar-refractivity contribution >= 4 is 17.0 Å². The van der Waals surface area contributed by atoms with Crippen LogP contribution >= 0.6 is 0 Å². The summed E-state index contributed by atoms with van der Waals surface area (Å²) in [6.45, 7) is 1.62. The number of benzene rings is 3. The molecule has 3 N–H and O–H groups in total. The molecular weight excluding hydrogens is 562 g/mol. The minimum atomic E-state index is -5.08. The standard InChI is InChI=1S/C28H23F3N4.C2HF3O2/c29-28(30,31)24-7-8-25-26(17-24)35-27(34-25)23-6-2-5-22(16-23)21-4-1-3-20(15-21)18-33-14-11-19-9-12-32-13-10-19;3-2(4,5)1(6)7/h1-10,12-13,15-17,33H,11,14,18H2,(H,34,35);(H,6,7). The Kier molecular flexibility index (Phi) is 9.26. The lowest BCUT2D eigenvalue weighted by atomic mass is 10.0. The summed E-state index contributed by atoms with van der Waals surface area (Å²) in [5.74, 6) is -2.22. The van der Waals surface area contributed by atoms with Gasteiger partial charge in [0.1, 0.15) is 5.82 Å². The highest BCUT2D eigenvalue weighted by Gasteiger charge is 2.38. The van der Waals surface area contributed by atoms with Crippen LogP contribution in [-0.4, -0.2) is 38.7 Å². The average Bonchev–Trinajstić information content (AvgIpc) is 3.39. The number of carboxylic acid groups (broad SMARTS) is 1. The van der Waals surface area contributed by atoms with E-state index < -0.39 is 23.9 Å². The van der Waals surface area contributed by atoms with Crippen LogP contribution in [0.2, 0.25) is 0 Å². The number of carboxylic acids is 1. The second kappa shape index (κ2) is 12.9. The summed E-state index contributed by atoms with van der Waals surface area (Å²) < 4.78 is 70.9. The summed E-state index contributed by atoms with van der Waals surface area (Å²) in [4.78, 5) is 20.5. The zero-order valence-corrected chi connectivity index (χ0v) is 21.8. The Bertz CT molecular complexity index is 1650. The van der Waals surface area contributed by atoms with Crippen molar-refractivity contribution in [1.82, 2.24) is 20.3 Å². The van der Waals surface area contributed by atoms with Crippen LogP contribution in [0.25, 0.3) is 33.5 Å². The fourth-order valence-electron chi connectivity index (χ4n) is 4.04. The molecule has 0 bridgehead atoms. The maximum absolute atomic E-state index is 13.1. The first-order valence-corrected chi connectivity index (χ1v) is 12.6. The van der Waals surface area contributed by atoms with Gasteiger partial charge in [0.2, 0.25) is 0 Å². The number of carbonyl (C=O) groups is 1. The molecule has 2 heterocycles. The summed E-state index contributed by atoms with van der Waals surface area (Å²) in [6.07, 6.45) is -4.93. The number of H-pyrrole nitrogens is 1. The molecule has 0 saturated carbocycles. The predicted molar refractivity (Wildman–Crippen MR) is 145 cm³/mol. The highest BCUT2D eigenvalue weighted by atomic mass is 19.4. The number of halogens is 6. The molecule has 0 atom stereocenters. The zero-order chi connectivity index (χ0) is 30.3.